The van der Waals surface area contributed by atoms with Crippen LogP contribution in [0.5, 0.6) is 0 Å². The summed E-state index contributed by atoms with van der Waals surface area (Å²) in [7, 11) is 0. The number of aryl methyl sites for hydroxylation is 2. The second kappa shape index (κ2) is 4.91. The van der Waals surface area contributed by atoms with Crippen molar-refractivity contribution in [2.24, 2.45) is 0 Å². The van der Waals surface area contributed by atoms with Gasteiger partial charge in [-0.1, -0.05) is 41.9 Å². The second-order valence-electron chi connectivity index (χ2n) is 4.30. The summed E-state index contributed by atoms with van der Waals surface area (Å²) in [5, 5.41) is 10.9. The van der Waals surface area contributed by atoms with Crippen molar-refractivity contribution in [3.63, 3.8) is 0 Å². The van der Waals surface area contributed by atoms with Crippen molar-refractivity contribution in [3.05, 3.63) is 69.7 Å². The van der Waals surface area contributed by atoms with Crippen LogP contribution in [-0.4, -0.2) is 5.11 Å². The minimum atomic E-state index is -0.618. The monoisotopic (exact) mass is 246 g/mol. The molecule has 0 saturated heterocycles. The van der Waals surface area contributed by atoms with E-state index in [9.17, 15) is 5.11 Å². The zero-order chi connectivity index (χ0) is 12.4. The van der Waals surface area contributed by atoms with Gasteiger partial charge in [-0.05, 0) is 48.2 Å². The van der Waals surface area contributed by atoms with Crippen LogP contribution in [0.1, 0.15) is 28.4 Å². The van der Waals surface area contributed by atoms with Crippen molar-refractivity contribution < 1.29 is 5.11 Å². The fourth-order valence-corrected chi connectivity index (χ4v) is 2.00. The first-order valence-corrected chi connectivity index (χ1v) is 5.96. The maximum absolute atomic E-state index is 10.3. The van der Waals surface area contributed by atoms with Crippen LogP contribution in [0.15, 0.2) is 42.5 Å². The first kappa shape index (κ1) is 12.2. The molecule has 1 unspecified atom stereocenters. The molecule has 0 fully saturated rings. The smallest absolute Gasteiger partial charge is 0.104 e. The SMILES string of the molecule is Cc1ccc(C(O)c2cccc(Cl)c2)cc1C. The number of hydrogen-bond donors (Lipinski definition) is 1. The summed E-state index contributed by atoms with van der Waals surface area (Å²) in [4.78, 5) is 0. The van der Waals surface area contributed by atoms with Crippen molar-refractivity contribution in [3.8, 4) is 0 Å². The number of benzene rings is 2. The van der Waals surface area contributed by atoms with Crippen LogP contribution in [0.3, 0.4) is 0 Å². The molecule has 0 heterocycles. The quantitative estimate of drug-likeness (QED) is 0.848. The van der Waals surface area contributed by atoms with E-state index in [0.29, 0.717) is 5.02 Å². The minimum absolute atomic E-state index is 0.618. The molecule has 2 rings (SSSR count). The summed E-state index contributed by atoms with van der Waals surface area (Å²) in [6.07, 6.45) is -0.618. The molecule has 0 aliphatic carbocycles. The lowest BCUT2D eigenvalue weighted by atomic mass is 9.98. The average Bonchev–Trinajstić information content (AvgIpc) is 2.32. The van der Waals surface area contributed by atoms with Gasteiger partial charge in [-0.25, -0.2) is 0 Å². The van der Waals surface area contributed by atoms with Gasteiger partial charge in [0.1, 0.15) is 6.10 Å². The standard InChI is InChI=1S/C15H15ClO/c1-10-6-7-13(8-11(10)2)15(17)12-4-3-5-14(16)9-12/h3-9,15,17H,1-2H3. The zero-order valence-electron chi connectivity index (χ0n) is 9.94. The molecular formula is C15H15ClO. The third kappa shape index (κ3) is 2.68. The van der Waals surface area contributed by atoms with Crippen molar-refractivity contribution in [1.29, 1.82) is 0 Å². The first-order valence-electron chi connectivity index (χ1n) is 5.58. The molecule has 0 aromatic heterocycles. The molecule has 0 saturated carbocycles. The van der Waals surface area contributed by atoms with E-state index >= 15 is 0 Å². The van der Waals surface area contributed by atoms with Crippen molar-refractivity contribution >= 4 is 11.6 Å². The van der Waals surface area contributed by atoms with Crippen molar-refractivity contribution in [2.45, 2.75) is 20.0 Å². The Bertz CT molecular complexity index is 534. The van der Waals surface area contributed by atoms with Gasteiger partial charge in [-0.2, -0.15) is 0 Å². The zero-order valence-corrected chi connectivity index (χ0v) is 10.7. The third-order valence-corrected chi connectivity index (χ3v) is 3.25. The van der Waals surface area contributed by atoms with Gasteiger partial charge in [0.05, 0.1) is 0 Å². The van der Waals surface area contributed by atoms with E-state index in [4.69, 9.17) is 11.6 Å². The topological polar surface area (TPSA) is 20.2 Å². The van der Waals surface area contributed by atoms with E-state index in [1.54, 1.807) is 12.1 Å². The molecular weight excluding hydrogens is 232 g/mol. The maximum Gasteiger partial charge on any atom is 0.104 e. The molecule has 0 aliphatic heterocycles. The Morgan fingerprint density at radius 3 is 2.29 bits per heavy atom. The van der Waals surface area contributed by atoms with Gasteiger partial charge in [0.2, 0.25) is 0 Å². The van der Waals surface area contributed by atoms with Crippen LogP contribution in [0, 0.1) is 13.8 Å². The number of aliphatic hydroxyl groups excluding tert-OH is 1. The summed E-state index contributed by atoms with van der Waals surface area (Å²) in [5.41, 5.74) is 4.13. The molecule has 0 amide bonds. The van der Waals surface area contributed by atoms with Gasteiger partial charge >= 0.3 is 0 Å². The molecule has 17 heavy (non-hydrogen) atoms. The summed E-state index contributed by atoms with van der Waals surface area (Å²) in [6, 6.07) is 13.3. The normalized spacial score (nSPS) is 12.5. The third-order valence-electron chi connectivity index (χ3n) is 3.01. The lowest BCUT2D eigenvalue weighted by Gasteiger charge is -2.13. The van der Waals surface area contributed by atoms with Crippen LogP contribution in [-0.2, 0) is 0 Å². The molecule has 0 radical (unpaired) electrons. The number of hydrogen-bond acceptors (Lipinski definition) is 1. The summed E-state index contributed by atoms with van der Waals surface area (Å²) < 4.78 is 0. The van der Waals surface area contributed by atoms with Gasteiger partial charge in [0, 0.05) is 5.02 Å². The molecule has 1 nitrogen and oxygen atoms in total. The summed E-state index contributed by atoms with van der Waals surface area (Å²) in [6.45, 7) is 4.11. The Labute approximate surface area is 107 Å². The number of rotatable bonds is 2. The molecule has 0 aliphatic rings. The molecule has 0 bridgehead atoms. The number of aliphatic hydroxyl groups is 1. The predicted octanol–water partition coefficient (Wildman–Crippen LogP) is 4.04. The van der Waals surface area contributed by atoms with Crippen LogP contribution in [0.25, 0.3) is 0 Å². The molecule has 88 valence electrons. The van der Waals surface area contributed by atoms with Crippen LogP contribution in [0.2, 0.25) is 5.02 Å². The molecule has 2 aromatic rings. The van der Waals surface area contributed by atoms with Gasteiger partial charge in [-0.15, -0.1) is 0 Å². The highest BCUT2D eigenvalue weighted by molar-refractivity contribution is 6.30. The second-order valence-corrected chi connectivity index (χ2v) is 4.74. The highest BCUT2D eigenvalue weighted by atomic mass is 35.5. The highest BCUT2D eigenvalue weighted by Crippen LogP contribution is 2.25. The first-order chi connectivity index (χ1) is 8.08. The van der Waals surface area contributed by atoms with Gasteiger partial charge in [0.25, 0.3) is 0 Å². The Balaban J connectivity index is 2.36. The fourth-order valence-electron chi connectivity index (χ4n) is 1.80. The van der Waals surface area contributed by atoms with Crippen LogP contribution in [0.4, 0.5) is 0 Å². The van der Waals surface area contributed by atoms with Crippen LogP contribution < -0.4 is 0 Å². The Morgan fingerprint density at radius 1 is 0.941 bits per heavy atom. The molecule has 1 atom stereocenters. The lowest BCUT2D eigenvalue weighted by molar-refractivity contribution is 0.220. The van der Waals surface area contributed by atoms with E-state index in [2.05, 4.69) is 6.92 Å². The molecule has 0 spiro atoms. The van der Waals surface area contributed by atoms with E-state index < -0.39 is 6.10 Å². The lowest BCUT2D eigenvalue weighted by Crippen LogP contribution is -2.00. The maximum atomic E-state index is 10.3. The van der Waals surface area contributed by atoms with Crippen LogP contribution >= 0.6 is 11.6 Å². The molecule has 2 heteroatoms. The molecule has 1 N–H and O–H groups in total. The predicted molar refractivity (Wildman–Crippen MR) is 71.4 cm³/mol. The van der Waals surface area contributed by atoms with E-state index in [1.807, 2.05) is 37.3 Å². The summed E-state index contributed by atoms with van der Waals surface area (Å²) >= 11 is 5.92. The van der Waals surface area contributed by atoms with E-state index in [1.165, 1.54) is 11.1 Å². The van der Waals surface area contributed by atoms with E-state index in [-0.39, 0.29) is 0 Å². The Morgan fingerprint density at radius 2 is 1.65 bits per heavy atom. The van der Waals surface area contributed by atoms with Gasteiger partial charge in [0.15, 0.2) is 0 Å². The Kier molecular flexibility index (Phi) is 3.51. The van der Waals surface area contributed by atoms with Crippen molar-refractivity contribution in [2.75, 3.05) is 0 Å². The average molecular weight is 247 g/mol. The van der Waals surface area contributed by atoms with E-state index in [0.717, 1.165) is 11.1 Å². The van der Waals surface area contributed by atoms with Gasteiger partial charge < -0.3 is 5.11 Å². The number of halogens is 1. The van der Waals surface area contributed by atoms with Crippen molar-refractivity contribution in [1.82, 2.24) is 0 Å². The molecule has 2 aromatic carbocycles. The largest absolute Gasteiger partial charge is 0.384 e. The minimum Gasteiger partial charge on any atom is -0.384 e. The highest BCUT2D eigenvalue weighted by Gasteiger charge is 2.11. The summed E-state index contributed by atoms with van der Waals surface area (Å²) in [5.74, 6) is 0. The Hall–Kier alpha value is -1.31. The van der Waals surface area contributed by atoms with Gasteiger partial charge in [-0.3, -0.25) is 0 Å². The fraction of sp³-hybridized carbons (Fsp3) is 0.200.